The van der Waals surface area contributed by atoms with Crippen molar-refractivity contribution in [3.8, 4) is 5.75 Å². The van der Waals surface area contributed by atoms with Crippen molar-refractivity contribution in [2.45, 2.75) is 26.1 Å². The molecule has 1 nitrogen and oxygen atoms in total. The Kier molecular flexibility index (Phi) is 3.62. The predicted molar refractivity (Wildman–Crippen MR) is 57.3 cm³/mol. The van der Waals surface area contributed by atoms with Crippen molar-refractivity contribution in [2.24, 2.45) is 0 Å². The number of rotatable bonds is 3. The van der Waals surface area contributed by atoms with Gasteiger partial charge in [0.25, 0.3) is 0 Å². The SMILES string of the molecule is C=Cc1cc(OC(F)(F)F)ccc1C(C)C. The van der Waals surface area contributed by atoms with Crippen molar-refractivity contribution >= 4 is 6.08 Å². The second-order valence-corrected chi connectivity index (χ2v) is 3.70. The number of hydrogen-bond donors (Lipinski definition) is 0. The van der Waals surface area contributed by atoms with Crippen LogP contribution in [0.5, 0.6) is 5.75 Å². The number of alkyl halides is 3. The Balaban J connectivity index is 3.05. The summed E-state index contributed by atoms with van der Waals surface area (Å²) in [5, 5.41) is 0. The van der Waals surface area contributed by atoms with Gasteiger partial charge in [-0.15, -0.1) is 13.2 Å². The maximum atomic E-state index is 12.0. The minimum atomic E-state index is -4.65. The highest BCUT2D eigenvalue weighted by Gasteiger charge is 2.31. The van der Waals surface area contributed by atoms with Gasteiger partial charge in [0, 0.05) is 0 Å². The van der Waals surface area contributed by atoms with Gasteiger partial charge < -0.3 is 4.74 Å². The number of halogens is 3. The molecule has 0 aliphatic rings. The molecule has 4 heteroatoms. The average Bonchev–Trinajstić information content (AvgIpc) is 2.14. The van der Waals surface area contributed by atoms with Crippen LogP contribution in [0.2, 0.25) is 0 Å². The molecule has 1 aromatic carbocycles. The summed E-state index contributed by atoms with van der Waals surface area (Å²) in [4.78, 5) is 0. The van der Waals surface area contributed by atoms with Gasteiger partial charge in [-0.2, -0.15) is 0 Å². The van der Waals surface area contributed by atoms with E-state index in [1.807, 2.05) is 13.8 Å². The molecule has 0 aliphatic heterocycles. The topological polar surface area (TPSA) is 9.23 Å². The van der Waals surface area contributed by atoms with E-state index in [-0.39, 0.29) is 11.7 Å². The van der Waals surface area contributed by atoms with Gasteiger partial charge in [-0.1, -0.05) is 32.6 Å². The van der Waals surface area contributed by atoms with Crippen molar-refractivity contribution in [3.05, 3.63) is 35.9 Å². The fourth-order valence-electron chi connectivity index (χ4n) is 1.45. The normalized spacial score (nSPS) is 11.6. The zero-order valence-electron chi connectivity index (χ0n) is 9.14. The van der Waals surface area contributed by atoms with Gasteiger partial charge in [-0.3, -0.25) is 0 Å². The third-order valence-electron chi connectivity index (χ3n) is 2.13. The fraction of sp³-hybridized carbons (Fsp3) is 0.333. The lowest BCUT2D eigenvalue weighted by molar-refractivity contribution is -0.274. The first-order chi connectivity index (χ1) is 7.33. The quantitative estimate of drug-likeness (QED) is 0.750. The van der Waals surface area contributed by atoms with Crippen LogP contribution in [0.4, 0.5) is 13.2 Å². The third kappa shape index (κ3) is 3.29. The van der Waals surface area contributed by atoms with Gasteiger partial charge in [0.1, 0.15) is 5.75 Å². The minimum absolute atomic E-state index is 0.216. The van der Waals surface area contributed by atoms with Crippen LogP contribution < -0.4 is 4.74 Å². The lowest BCUT2D eigenvalue weighted by Crippen LogP contribution is -2.17. The molecule has 1 rings (SSSR count). The van der Waals surface area contributed by atoms with Crippen molar-refractivity contribution in [1.29, 1.82) is 0 Å². The monoisotopic (exact) mass is 230 g/mol. The predicted octanol–water partition coefficient (Wildman–Crippen LogP) is 4.35. The second kappa shape index (κ2) is 4.60. The molecule has 0 unspecified atom stereocenters. The van der Waals surface area contributed by atoms with Crippen LogP contribution in [0.3, 0.4) is 0 Å². The van der Waals surface area contributed by atoms with E-state index in [1.165, 1.54) is 18.2 Å². The van der Waals surface area contributed by atoms with Crippen LogP contribution in [0.25, 0.3) is 6.08 Å². The highest BCUT2D eigenvalue weighted by atomic mass is 19.4. The second-order valence-electron chi connectivity index (χ2n) is 3.70. The molecule has 0 heterocycles. The van der Waals surface area contributed by atoms with E-state index in [9.17, 15) is 13.2 Å². The summed E-state index contributed by atoms with van der Waals surface area (Å²) >= 11 is 0. The largest absolute Gasteiger partial charge is 0.573 e. The van der Waals surface area contributed by atoms with Crippen LogP contribution in [-0.2, 0) is 0 Å². The van der Waals surface area contributed by atoms with E-state index in [4.69, 9.17) is 0 Å². The average molecular weight is 230 g/mol. The Labute approximate surface area is 92.5 Å². The zero-order valence-corrected chi connectivity index (χ0v) is 9.14. The van der Waals surface area contributed by atoms with E-state index < -0.39 is 6.36 Å². The lowest BCUT2D eigenvalue weighted by Gasteiger charge is -2.13. The Morgan fingerprint density at radius 1 is 1.31 bits per heavy atom. The molecule has 0 spiro atoms. The standard InChI is InChI=1S/C12H13F3O/c1-4-9-7-10(16-12(13,14)15)5-6-11(9)8(2)3/h4-8H,1H2,2-3H3. The van der Waals surface area contributed by atoms with Gasteiger partial charge in [0.2, 0.25) is 0 Å². The molecule has 0 bridgehead atoms. The molecule has 0 N–H and O–H groups in total. The summed E-state index contributed by atoms with van der Waals surface area (Å²) in [6.07, 6.45) is -3.13. The van der Waals surface area contributed by atoms with Crippen molar-refractivity contribution in [3.63, 3.8) is 0 Å². The number of ether oxygens (including phenoxy) is 1. The molecule has 0 saturated heterocycles. The Hall–Kier alpha value is -1.45. The summed E-state index contributed by atoms with van der Waals surface area (Å²) in [5.41, 5.74) is 1.61. The first-order valence-electron chi connectivity index (χ1n) is 4.85. The number of benzene rings is 1. The van der Waals surface area contributed by atoms with E-state index >= 15 is 0 Å². The van der Waals surface area contributed by atoms with Gasteiger partial charge in [-0.25, -0.2) is 0 Å². The van der Waals surface area contributed by atoms with Crippen LogP contribution in [-0.4, -0.2) is 6.36 Å². The molecular weight excluding hydrogens is 217 g/mol. The van der Waals surface area contributed by atoms with Crippen LogP contribution in [0.1, 0.15) is 30.9 Å². The van der Waals surface area contributed by atoms with Gasteiger partial charge >= 0.3 is 6.36 Å². The zero-order chi connectivity index (χ0) is 12.3. The van der Waals surface area contributed by atoms with Crippen molar-refractivity contribution in [2.75, 3.05) is 0 Å². The van der Waals surface area contributed by atoms with E-state index in [0.717, 1.165) is 5.56 Å². The summed E-state index contributed by atoms with van der Waals surface area (Å²) in [6.45, 7) is 7.50. The Morgan fingerprint density at radius 3 is 2.38 bits per heavy atom. The van der Waals surface area contributed by atoms with Crippen molar-refractivity contribution in [1.82, 2.24) is 0 Å². The lowest BCUT2D eigenvalue weighted by atomic mass is 9.97. The van der Waals surface area contributed by atoms with Gasteiger partial charge in [-0.05, 0) is 29.2 Å². The van der Waals surface area contributed by atoms with E-state index in [1.54, 1.807) is 6.07 Å². The summed E-state index contributed by atoms with van der Waals surface area (Å²) < 4.78 is 39.8. The maximum Gasteiger partial charge on any atom is 0.573 e. The molecule has 0 aromatic heterocycles. The minimum Gasteiger partial charge on any atom is -0.406 e. The fourth-order valence-corrected chi connectivity index (χ4v) is 1.45. The highest BCUT2D eigenvalue weighted by molar-refractivity contribution is 5.55. The highest BCUT2D eigenvalue weighted by Crippen LogP contribution is 2.28. The Bertz CT molecular complexity index is 380. The van der Waals surface area contributed by atoms with Crippen LogP contribution in [0.15, 0.2) is 24.8 Å². The third-order valence-corrected chi connectivity index (χ3v) is 2.13. The number of hydrogen-bond acceptors (Lipinski definition) is 1. The molecule has 1 aromatic rings. The summed E-state index contributed by atoms with van der Waals surface area (Å²) in [6, 6.07) is 4.29. The molecule has 0 fully saturated rings. The smallest absolute Gasteiger partial charge is 0.406 e. The van der Waals surface area contributed by atoms with Crippen LogP contribution in [0, 0.1) is 0 Å². The molecule has 88 valence electrons. The molecule has 0 radical (unpaired) electrons. The van der Waals surface area contributed by atoms with Gasteiger partial charge in [0.15, 0.2) is 0 Å². The molecular formula is C12H13F3O. The van der Waals surface area contributed by atoms with E-state index in [0.29, 0.717) is 5.56 Å². The Morgan fingerprint density at radius 2 is 1.94 bits per heavy atom. The summed E-state index contributed by atoms with van der Waals surface area (Å²) in [5.74, 6) is 0.0136. The first-order valence-corrected chi connectivity index (χ1v) is 4.85. The van der Waals surface area contributed by atoms with Gasteiger partial charge in [0.05, 0.1) is 0 Å². The molecule has 0 aliphatic carbocycles. The first kappa shape index (κ1) is 12.6. The molecule has 0 atom stereocenters. The van der Waals surface area contributed by atoms with Crippen LogP contribution >= 0.6 is 0 Å². The van der Waals surface area contributed by atoms with Crippen molar-refractivity contribution < 1.29 is 17.9 Å². The molecule has 0 amide bonds. The molecule has 16 heavy (non-hydrogen) atoms. The summed E-state index contributed by atoms with van der Waals surface area (Å²) in [7, 11) is 0. The van der Waals surface area contributed by atoms with E-state index in [2.05, 4.69) is 11.3 Å². The molecule has 0 saturated carbocycles. The maximum absolute atomic E-state index is 12.0.